The first kappa shape index (κ1) is 19.9. The third-order valence-corrected chi connectivity index (χ3v) is 6.07. The van der Waals surface area contributed by atoms with E-state index in [2.05, 4.69) is 19.9 Å². The lowest BCUT2D eigenvalue weighted by Crippen LogP contribution is -2.23. The van der Waals surface area contributed by atoms with Crippen molar-refractivity contribution in [2.75, 3.05) is 0 Å². The van der Waals surface area contributed by atoms with E-state index in [1.165, 1.54) is 12.1 Å². The highest BCUT2D eigenvalue weighted by Gasteiger charge is 2.20. The van der Waals surface area contributed by atoms with Gasteiger partial charge in [0, 0.05) is 23.5 Å². The van der Waals surface area contributed by atoms with E-state index in [0.717, 1.165) is 16.7 Å². The summed E-state index contributed by atoms with van der Waals surface area (Å²) >= 11 is 0. The van der Waals surface area contributed by atoms with Crippen molar-refractivity contribution >= 4 is 10.0 Å². The molecule has 0 unspecified atom stereocenters. The summed E-state index contributed by atoms with van der Waals surface area (Å²) in [7, 11) is -3.70. The predicted molar refractivity (Wildman–Crippen MR) is 112 cm³/mol. The molecule has 4 aromatic rings. The summed E-state index contributed by atoms with van der Waals surface area (Å²) in [6.45, 7) is 1.85. The van der Waals surface area contributed by atoms with Gasteiger partial charge in [0.05, 0.1) is 17.1 Å². The van der Waals surface area contributed by atoms with Gasteiger partial charge in [-0.1, -0.05) is 12.1 Å². The highest BCUT2D eigenvalue weighted by molar-refractivity contribution is 7.89. The number of benzene rings is 2. The van der Waals surface area contributed by atoms with Crippen LogP contribution >= 0.6 is 0 Å². The minimum Gasteiger partial charge on any atom is -0.280 e. The van der Waals surface area contributed by atoms with Crippen LogP contribution in [0.1, 0.15) is 11.3 Å². The van der Waals surface area contributed by atoms with Gasteiger partial charge in [-0.05, 0) is 66.6 Å². The van der Waals surface area contributed by atoms with Gasteiger partial charge < -0.3 is 0 Å². The number of aryl methyl sites for hydroxylation is 1. The molecule has 2 N–H and O–H groups in total. The van der Waals surface area contributed by atoms with E-state index in [-0.39, 0.29) is 17.3 Å². The smallest absolute Gasteiger partial charge is 0.240 e. The van der Waals surface area contributed by atoms with Gasteiger partial charge >= 0.3 is 0 Å². The second-order valence-corrected chi connectivity index (χ2v) is 8.58. The van der Waals surface area contributed by atoms with E-state index in [9.17, 15) is 12.8 Å². The molecule has 0 aliphatic rings. The molecular formula is C22H19FN4O2S. The van der Waals surface area contributed by atoms with Crippen LogP contribution in [0, 0.1) is 12.7 Å². The van der Waals surface area contributed by atoms with Crippen molar-refractivity contribution in [2.24, 2.45) is 0 Å². The fraction of sp³-hybridized carbons (Fsp3) is 0.0909. The Hall–Kier alpha value is -3.36. The van der Waals surface area contributed by atoms with E-state index in [1.807, 2.05) is 25.1 Å². The Bertz CT molecular complexity index is 1270. The number of hydrogen-bond acceptors (Lipinski definition) is 4. The third-order valence-electron chi connectivity index (χ3n) is 4.67. The number of pyridine rings is 1. The summed E-state index contributed by atoms with van der Waals surface area (Å²) in [5.74, 6) is -0.342. The number of aromatic amines is 1. The Balaban J connectivity index is 1.71. The Morgan fingerprint density at radius 1 is 1.00 bits per heavy atom. The molecule has 4 rings (SSSR count). The zero-order valence-corrected chi connectivity index (χ0v) is 16.9. The molecule has 0 bridgehead atoms. The molecule has 0 amide bonds. The van der Waals surface area contributed by atoms with Crippen LogP contribution in [0.15, 0.2) is 78.0 Å². The number of nitrogens with zero attached hydrogens (tertiary/aromatic N) is 2. The van der Waals surface area contributed by atoms with Gasteiger partial charge in [-0.15, -0.1) is 0 Å². The quantitative estimate of drug-likeness (QED) is 0.490. The molecule has 8 heteroatoms. The van der Waals surface area contributed by atoms with Gasteiger partial charge in [-0.25, -0.2) is 17.5 Å². The van der Waals surface area contributed by atoms with Crippen LogP contribution in [0.2, 0.25) is 0 Å². The van der Waals surface area contributed by atoms with Crippen molar-refractivity contribution in [1.82, 2.24) is 19.9 Å². The number of hydrogen-bond donors (Lipinski definition) is 2. The lowest BCUT2D eigenvalue weighted by Gasteiger charge is -2.09. The normalized spacial score (nSPS) is 11.5. The number of aromatic nitrogens is 3. The molecule has 30 heavy (non-hydrogen) atoms. The van der Waals surface area contributed by atoms with E-state index in [0.29, 0.717) is 17.0 Å². The summed E-state index contributed by atoms with van der Waals surface area (Å²) in [4.78, 5) is 4.24. The maximum Gasteiger partial charge on any atom is 0.240 e. The number of nitrogens with one attached hydrogen (secondary N) is 2. The maximum absolute atomic E-state index is 13.4. The maximum atomic E-state index is 13.4. The summed E-state index contributed by atoms with van der Waals surface area (Å²) < 4.78 is 41.4. The van der Waals surface area contributed by atoms with Crippen LogP contribution in [0.4, 0.5) is 4.39 Å². The van der Waals surface area contributed by atoms with Gasteiger partial charge in [0.15, 0.2) is 0 Å². The van der Waals surface area contributed by atoms with Gasteiger partial charge in [-0.2, -0.15) is 5.10 Å². The summed E-state index contributed by atoms with van der Waals surface area (Å²) in [6.07, 6.45) is 3.30. The molecule has 0 radical (unpaired) electrons. The number of halogens is 1. The second kappa shape index (κ2) is 8.17. The van der Waals surface area contributed by atoms with Crippen molar-refractivity contribution in [1.29, 1.82) is 0 Å². The number of sulfonamides is 1. The molecule has 152 valence electrons. The summed E-state index contributed by atoms with van der Waals surface area (Å²) in [6, 6.07) is 16.3. The predicted octanol–water partition coefficient (Wildman–Crippen LogP) is 4.06. The zero-order valence-electron chi connectivity index (χ0n) is 16.1. The second-order valence-electron chi connectivity index (χ2n) is 6.81. The molecule has 0 fully saturated rings. The lowest BCUT2D eigenvalue weighted by atomic mass is 10.00. The average Bonchev–Trinajstić information content (AvgIpc) is 3.17. The van der Waals surface area contributed by atoms with Crippen molar-refractivity contribution in [3.05, 3.63) is 90.1 Å². The number of H-pyrrole nitrogens is 1. The van der Waals surface area contributed by atoms with Crippen LogP contribution in [0.3, 0.4) is 0 Å². The molecule has 2 aromatic carbocycles. The lowest BCUT2D eigenvalue weighted by molar-refractivity contribution is 0.580. The van der Waals surface area contributed by atoms with Crippen molar-refractivity contribution in [3.63, 3.8) is 0 Å². The average molecular weight is 422 g/mol. The molecule has 6 nitrogen and oxygen atoms in total. The fourth-order valence-corrected chi connectivity index (χ4v) is 4.29. The molecule has 0 atom stereocenters. The van der Waals surface area contributed by atoms with Crippen molar-refractivity contribution < 1.29 is 12.8 Å². The molecule has 0 saturated carbocycles. The third kappa shape index (κ3) is 4.14. The van der Waals surface area contributed by atoms with Gasteiger partial charge in [0.2, 0.25) is 10.0 Å². The molecule has 0 spiro atoms. The summed E-state index contributed by atoms with van der Waals surface area (Å²) in [5.41, 5.74) is 4.32. The molecule has 0 aliphatic heterocycles. The zero-order chi connectivity index (χ0) is 21.1. The van der Waals surface area contributed by atoms with Crippen LogP contribution in [-0.4, -0.2) is 23.6 Å². The molecule has 2 heterocycles. The van der Waals surface area contributed by atoms with Crippen LogP contribution in [-0.2, 0) is 16.6 Å². The molecular weight excluding hydrogens is 403 g/mol. The fourth-order valence-electron chi connectivity index (χ4n) is 3.19. The van der Waals surface area contributed by atoms with Crippen LogP contribution in [0.5, 0.6) is 0 Å². The van der Waals surface area contributed by atoms with E-state index in [4.69, 9.17) is 0 Å². The SMILES string of the molecule is Cc1cccc(S(=O)(=O)NCc2[nH]nc(-c3ccc(F)cc3)c2-c2ccncc2)c1. The Morgan fingerprint density at radius 2 is 1.73 bits per heavy atom. The Labute approximate surface area is 173 Å². The minimum absolute atomic E-state index is 0.0160. The van der Waals surface area contributed by atoms with Gasteiger partial charge in [0.25, 0.3) is 0 Å². The largest absolute Gasteiger partial charge is 0.280 e. The summed E-state index contributed by atoms with van der Waals surface area (Å²) in [5, 5.41) is 7.31. The van der Waals surface area contributed by atoms with E-state index < -0.39 is 10.0 Å². The Kier molecular flexibility index (Phi) is 5.43. The van der Waals surface area contributed by atoms with Gasteiger partial charge in [0.1, 0.15) is 11.5 Å². The van der Waals surface area contributed by atoms with Crippen LogP contribution in [0.25, 0.3) is 22.4 Å². The molecule has 0 aliphatic carbocycles. The van der Waals surface area contributed by atoms with Gasteiger partial charge in [-0.3, -0.25) is 10.1 Å². The topological polar surface area (TPSA) is 87.7 Å². The first-order valence-electron chi connectivity index (χ1n) is 9.24. The van der Waals surface area contributed by atoms with Crippen molar-refractivity contribution in [2.45, 2.75) is 18.4 Å². The molecule has 0 saturated heterocycles. The standard InChI is InChI=1S/C22H19FN4O2S/c1-15-3-2-4-19(13-15)30(28,29)25-14-20-21(16-9-11-24-12-10-16)22(27-26-20)17-5-7-18(23)8-6-17/h2-13,25H,14H2,1H3,(H,26,27). The first-order chi connectivity index (χ1) is 14.4. The van der Waals surface area contributed by atoms with Crippen molar-refractivity contribution in [3.8, 4) is 22.4 Å². The highest BCUT2D eigenvalue weighted by Crippen LogP contribution is 2.33. The number of rotatable bonds is 6. The van der Waals surface area contributed by atoms with Crippen LogP contribution < -0.4 is 4.72 Å². The van der Waals surface area contributed by atoms with E-state index >= 15 is 0 Å². The Morgan fingerprint density at radius 3 is 2.43 bits per heavy atom. The molecule has 2 aromatic heterocycles. The van der Waals surface area contributed by atoms with E-state index in [1.54, 1.807) is 42.7 Å². The monoisotopic (exact) mass is 422 g/mol. The first-order valence-corrected chi connectivity index (χ1v) is 10.7. The highest BCUT2D eigenvalue weighted by atomic mass is 32.2. The minimum atomic E-state index is -3.70.